The number of rotatable bonds is 7. The van der Waals surface area contributed by atoms with Crippen LogP contribution >= 0.6 is 11.3 Å². The maximum atomic E-state index is 12.7. The lowest BCUT2D eigenvalue weighted by molar-refractivity contribution is 0.0460. The standard InChI is InChI=1S/C23H19N3O5S/c1-26(22(27)19-8-5-13-32-19)18-7-4-3-6-17(18)23(28)30-14-20-24-21(31-25-20)15-9-11-16(29-2)12-10-15/h3-13H,14H2,1-2H3. The van der Waals surface area contributed by atoms with Crippen molar-refractivity contribution in [3.8, 4) is 17.2 Å². The van der Waals surface area contributed by atoms with Gasteiger partial charge in [-0.15, -0.1) is 11.3 Å². The molecule has 0 saturated heterocycles. The van der Waals surface area contributed by atoms with Gasteiger partial charge in [-0.2, -0.15) is 4.98 Å². The Morgan fingerprint density at radius 1 is 1.06 bits per heavy atom. The Bertz CT molecular complexity index is 1220. The van der Waals surface area contributed by atoms with Crippen LogP contribution in [0.4, 0.5) is 5.69 Å². The summed E-state index contributed by atoms with van der Waals surface area (Å²) in [6.07, 6.45) is 0. The molecule has 8 nitrogen and oxygen atoms in total. The SMILES string of the molecule is COc1ccc(-c2nc(COC(=O)c3ccccc3N(C)C(=O)c3cccs3)no2)cc1. The number of benzene rings is 2. The van der Waals surface area contributed by atoms with Crippen molar-refractivity contribution in [1.29, 1.82) is 0 Å². The van der Waals surface area contributed by atoms with Gasteiger partial charge >= 0.3 is 5.97 Å². The lowest BCUT2D eigenvalue weighted by atomic mass is 10.1. The third-order valence-electron chi connectivity index (χ3n) is 4.66. The van der Waals surface area contributed by atoms with Crippen molar-refractivity contribution in [3.63, 3.8) is 0 Å². The summed E-state index contributed by atoms with van der Waals surface area (Å²) in [5.41, 5.74) is 1.43. The molecule has 9 heteroatoms. The molecule has 2 heterocycles. The van der Waals surface area contributed by atoms with E-state index in [0.29, 0.717) is 22.2 Å². The van der Waals surface area contributed by atoms with Crippen molar-refractivity contribution in [3.05, 3.63) is 82.3 Å². The molecule has 0 bridgehead atoms. The minimum atomic E-state index is -0.595. The highest BCUT2D eigenvalue weighted by Gasteiger charge is 2.21. The molecule has 0 aliphatic rings. The summed E-state index contributed by atoms with van der Waals surface area (Å²) in [6.45, 7) is -0.171. The van der Waals surface area contributed by atoms with Gasteiger partial charge in [-0.25, -0.2) is 4.79 Å². The molecule has 4 aromatic rings. The van der Waals surface area contributed by atoms with Crippen LogP contribution < -0.4 is 9.64 Å². The number of hydrogen-bond acceptors (Lipinski definition) is 8. The van der Waals surface area contributed by atoms with E-state index in [1.165, 1.54) is 16.2 Å². The topological polar surface area (TPSA) is 94.8 Å². The summed E-state index contributed by atoms with van der Waals surface area (Å²) in [5.74, 6) is 0.443. The number of amides is 1. The van der Waals surface area contributed by atoms with E-state index >= 15 is 0 Å². The van der Waals surface area contributed by atoms with Crippen molar-refractivity contribution in [1.82, 2.24) is 10.1 Å². The number of thiophene rings is 1. The fourth-order valence-corrected chi connectivity index (χ4v) is 3.68. The lowest BCUT2D eigenvalue weighted by Crippen LogP contribution is -2.27. The van der Waals surface area contributed by atoms with E-state index in [0.717, 1.165) is 5.56 Å². The van der Waals surface area contributed by atoms with E-state index in [9.17, 15) is 9.59 Å². The molecule has 2 aromatic heterocycles. The zero-order chi connectivity index (χ0) is 22.5. The van der Waals surface area contributed by atoms with E-state index in [1.807, 2.05) is 5.38 Å². The van der Waals surface area contributed by atoms with Crippen molar-refractivity contribution >= 4 is 28.9 Å². The zero-order valence-corrected chi connectivity index (χ0v) is 18.2. The van der Waals surface area contributed by atoms with E-state index < -0.39 is 5.97 Å². The van der Waals surface area contributed by atoms with Gasteiger partial charge in [0.15, 0.2) is 6.61 Å². The second-order valence-electron chi connectivity index (χ2n) is 6.68. The number of hydrogen-bond donors (Lipinski definition) is 0. The van der Waals surface area contributed by atoms with Crippen molar-refractivity contribution in [2.75, 3.05) is 19.1 Å². The third-order valence-corrected chi connectivity index (χ3v) is 5.52. The Hall–Kier alpha value is -3.98. The summed E-state index contributed by atoms with van der Waals surface area (Å²) in [6, 6.07) is 17.4. The summed E-state index contributed by atoms with van der Waals surface area (Å²) >= 11 is 1.34. The monoisotopic (exact) mass is 449 g/mol. The molecule has 0 spiro atoms. The number of nitrogens with zero attached hydrogens (tertiary/aromatic N) is 3. The molecule has 4 rings (SSSR count). The van der Waals surface area contributed by atoms with Crippen LogP contribution in [0, 0.1) is 0 Å². The second-order valence-corrected chi connectivity index (χ2v) is 7.63. The van der Waals surface area contributed by atoms with Gasteiger partial charge in [-0.1, -0.05) is 23.4 Å². The summed E-state index contributed by atoms with van der Waals surface area (Å²) < 4.78 is 15.8. The van der Waals surface area contributed by atoms with Crippen LogP contribution in [0.1, 0.15) is 25.9 Å². The van der Waals surface area contributed by atoms with E-state index in [-0.39, 0.29) is 23.9 Å². The maximum absolute atomic E-state index is 12.7. The molecule has 0 N–H and O–H groups in total. The Morgan fingerprint density at radius 3 is 2.56 bits per heavy atom. The largest absolute Gasteiger partial charge is 0.497 e. The summed E-state index contributed by atoms with van der Waals surface area (Å²) in [4.78, 5) is 31.7. The Kier molecular flexibility index (Phi) is 6.27. The number of carbonyl (C=O) groups excluding carboxylic acids is 2. The van der Waals surface area contributed by atoms with Crippen molar-refractivity contribution in [2.24, 2.45) is 0 Å². The Morgan fingerprint density at radius 2 is 1.84 bits per heavy atom. The van der Waals surface area contributed by atoms with Gasteiger partial charge in [0, 0.05) is 12.6 Å². The number of anilines is 1. The molecule has 0 saturated carbocycles. The number of esters is 1. The Balaban J connectivity index is 1.45. The number of aromatic nitrogens is 2. The molecule has 2 aromatic carbocycles. The zero-order valence-electron chi connectivity index (χ0n) is 17.3. The molecular weight excluding hydrogens is 430 g/mol. The molecule has 32 heavy (non-hydrogen) atoms. The van der Waals surface area contributed by atoms with Gasteiger partial charge in [0.05, 0.1) is 23.2 Å². The van der Waals surface area contributed by atoms with Crippen LogP contribution in [-0.4, -0.2) is 36.2 Å². The minimum Gasteiger partial charge on any atom is -0.497 e. The molecular formula is C23H19N3O5S. The fraction of sp³-hybridized carbons (Fsp3) is 0.130. The van der Waals surface area contributed by atoms with Crippen LogP contribution in [0.5, 0.6) is 5.75 Å². The molecule has 0 radical (unpaired) electrons. The van der Waals surface area contributed by atoms with Gasteiger partial charge in [0.25, 0.3) is 11.8 Å². The first-order chi connectivity index (χ1) is 15.6. The average Bonchev–Trinajstić information content (AvgIpc) is 3.54. The van der Waals surface area contributed by atoms with Crippen LogP contribution in [0.3, 0.4) is 0 Å². The van der Waals surface area contributed by atoms with Crippen molar-refractivity contribution in [2.45, 2.75) is 6.61 Å². The van der Waals surface area contributed by atoms with Gasteiger partial charge < -0.3 is 18.9 Å². The molecule has 0 unspecified atom stereocenters. The average molecular weight is 449 g/mol. The summed E-state index contributed by atoms with van der Waals surface area (Å²) in [5, 5.41) is 5.69. The predicted molar refractivity (Wildman–Crippen MR) is 119 cm³/mol. The smallest absolute Gasteiger partial charge is 0.340 e. The highest BCUT2D eigenvalue weighted by molar-refractivity contribution is 7.12. The molecule has 0 aliphatic heterocycles. The number of ether oxygens (including phenoxy) is 2. The normalized spacial score (nSPS) is 10.6. The lowest BCUT2D eigenvalue weighted by Gasteiger charge is -2.19. The number of methoxy groups -OCH3 is 1. The second kappa shape index (κ2) is 9.44. The van der Waals surface area contributed by atoms with Gasteiger partial charge in [0.1, 0.15) is 5.75 Å². The van der Waals surface area contributed by atoms with Gasteiger partial charge in [-0.05, 0) is 47.8 Å². The van der Waals surface area contributed by atoms with E-state index in [1.54, 1.807) is 74.8 Å². The summed E-state index contributed by atoms with van der Waals surface area (Å²) in [7, 11) is 3.21. The maximum Gasteiger partial charge on any atom is 0.340 e. The first-order valence-electron chi connectivity index (χ1n) is 9.61. The minimum absolute atomic E-state index is 0.171. The van der Waals surface area contributed by atoms with E-state index in [4.69, 9.17) is 14.0 Å². The third kappa shape index (κ3) is 4.52. The van der Waals surface area contributed by atoms with E-state index in [2.05, 4.69) is 10.1 Å². The quantitative estimate of drug-likeness (QED) is 0.385. The first-order valence-corrected chi connectivity index (χ1v) is 10.5. The predicted octanol–water partition coefficient (Wildman–Crippen LogP) is 4.44. The first kappa shape index (κ1) is 21.3. The number of para-hydroxylation sites is 1. The molecule has 162 valence electrons. The number of carbonyl (C=O) groups is 2. The molecule has 0 atom stereocenters. The molecule has 1 amide bonds. The molecule has 0 aliphatic carbocycles. The van der Waals surface area contributed by atoms with Gasteiger partial charge in [-0.3, -0.25) is 4.79 Å². The van der Waals surface area contributed by atoms with Crippen LogP contribution in [0.2, 0.25) is 0 Å². The van der Waals surface area contributed by atoms with Crippen LogP contribution in [0.15, 0.2) is 70.6 Å². The Labute approximate surface area is 188 Å². The highest BCUT2D eigenvalue weighted by Crippen LogP contribution is 2.24. The van der Waals surface area contributed by atoms with Crippen molar-refractivity contribution < 1.29 is 23.6 Å². The highest BCUT2D eigenvalue weighted by atomic mass is 32.1. The van der Waals surface area contributed by atoms with Crippen LogP contribution in [-0.2, 0) is 11.3 Å². The van der Waals surface area contributed by atoms with Gasteiger partial charge in [0.2, 0.25) is 5.82 Å². The fourth-order valence-electron chi connectivity index (χ4n) is 2.98. The van der Waals surface area contributed by atoms with Crippen LogP contribution in [0.25, 0.3) is 11.5 Å². The molecule has 0 fully saturated rings.